The van der Waals surface area contributed by atoms with Crippen LogP contribution < -0.4 is 10.1 Å². The molecule has 1 aromatic heterocycles. The molecule has 0 bridgehead atoms. The van der Waals surface area contributed by atoms with E-state index in [1.54, 1.807) is 31.2 Å². The topological polar surface area (TPSA) is 75.3 Å². The van der Waals surface area contributed by atoms with Gasteiger partial charge < -0.3 is 14.5 Å². The first kappa shape index (κ1) is 14.7. The van der Waals surface area contributed by atoms with Gasteiger partial charge in [0.05, 0.1) is 5.56 Å². The number of amides is 1. The van der Waals surface area contributed by atoms with Gasteiger partial charge in [0.1, 0.15) is 23.3 Å². The van der Waals surface area contributed by atoms with Crippen molar-refractivity contribution in [2.75, 3.05) is 11.9 Å². The van der Waals surface area contributed by atoms with Crippen molar-refractivity contribution in [3.63, 3.8) is 0 Å². The molecule has 0 aliphatic heterocycles. The molecule has 0 radical (unpaired) electrons. The van der Waals surface area contributed by atoms with E-state index in [1.165, 1.54) is 0 Å². The van der Waals surface area contributed by atoms with E-state index >= 15 is 0 Å². The van der Waals surface area contributed by atoms with Gasteiger partial charge in [0.15, 0.2) is 6.61 Å². The molecular weight excluding hydrogens is 268 g/mol. The highest BCUT2D eigenvalue weighted by molar-refractivity contribution is 6.06. The third kappa shape index (κ3) is 3.23. The smallest absolute Gasteiger partial charge is 0.259 e. The summed E-state index contributed by atoms with van der Waals surface area (Å²) in [5.74, 6) is 1.65. The molecule has 0 saturated heterocycles. The van der Waals surface area contributed by atoms with Crippen LogP contribution in [-0.4, -0.2) is 12.5 Å². The largest absolute Gasteiger partial charge is 0.479 e. The summed E-state index contributed by atoms with van der Waals surface area (Å²) in [6.07, 6.45) is 0. The van der Waals surface area contributed by atoms with Gasteiger partial charge >= 0.3 is 0 Å². The Bertz CT molecular complexity index is 711. The average Bonchev–Trinajstić information content (AvgIpc) is 2.70. The number of benzene rings is 1. The van der Waals surface area contributed by atoms with E-state index in [-0.39, 0.29) is 12.5 Å². The van der Waals surface area contributed by atoms with Crippen LogP contribution in [0.15, 0.2) is 28.7 Å². The maximum absolute atomic E-state index is 12.3. The van der Waals surface area contributed by atoms with E-state index in [9.17, 15) is 4.79 Å². The highest BCUT2D eigenvalue weighted by atomic mass is 16.5. The lowest BCUT2D eigenvalue weighted by atomic mass is 10.1. The summed E-state index contributed by atoms with van der Waals surface area (Å²) in [5, 5.41) is 11.3. The summed E-state index contributed by atoms with van der Waals surface area (Å²) >= 11 is 0. The minimum atomic E-state index is -0.223. The molecule has 2 aromatic rings. The number of hydrogen-bond donors (Lipinski definition) is 1. The molecule has 1 N–H and O–H groups in total. The van der Waals surface area contributed by atoms with Gasteiger partial charge in [-0.15, -0.1) is 0 Å². The Labute approximate surface area is 123 Å². The van der Waals surface area contributed by atoms with Gasteiger partial charge in [-0.25, -0.2) is 0 Å². The summed E-state index contributed by atoms with van der Waals surface area (Å²) in [6.45, 7) is 5.42. The number of furan rings is 1. The van der Waals surface area contributed by atoms with Crippen LogP contribution in [-0.2, 0) is 0 Å². The minimum absolute atomic E-state index is 0.0312. The summed E-state index contributed by atoms with van der Waals surface area (Å²) in [4.78, 5) is 12.3. The molecule has 108 valence electrons. The van der Waals surface area contributed by atoms with E-state index in [0.29, 0.717) is 22.8 Å². The summed E-state index contributed by atoms with van der Waals surface area (Å²) in [5.41, 5.74) is 1.99. The van der Waals surface area contributed by atoms with Crippen LogP contribution in [0.1, 0.15) is 27.4 Å². The van der Waals surface area contributed by atoms with Gasteiger partial charge in [-0.1, -0.05) is 6.07 Å². The van der Waals surface area contributed by atoms with Gasteiger partial charge in [0.2, 0.25) is 0 Å². The van der Waals surface area contributed by atoms with E-state index in [0.717, 1.165) is 11.3 Å². The quantitative estimate of drug-likeness (QED) is 0.934. The van der Waals surface area contributed by atoms with Crippen molar-refractivity contribution < 1.29 is 13.9 Å². The number of carbonyl (C=O) groups excluding carboxylic acids is 1. The van der Waals surface area contributed by atoms with Crippen LogP contribution in [0, 0.1) is 32.1 Å². The molecule has 1 aromatic carbocycles. The number of rotatable bonds is 4. The first-order chi connectivity index (χ1) is 10.0. The van der Waals surface area contributed by atoms with Gasteiger partial charge in [0, 0.05) is 17.3 Å². The molecule has 5 heteroatoms. The van der Waals surface area contributed by atoms with Gasteiger partial charge in [-0.05, 0) is 32.9 Å². The van der Waals surface area contributed by atoms with E-state index in [4.69, 9.17) is 14.4 Å². The van der Waals surface area contributed by atoms with Crippen LogP contribution >= 0.6 is 0 Å². The molecule has 0 aliphatic carbocycles. The average molecular weight is 284 g/mol. The molecule has 0 spiro atoms. The zero-order chi connectivity index (χ0) is 15.4. The molecule has 2 rings (SSSR count). The fourth-order valence-corrected chi connectivity index (χ4v) is 2.10. The number of ether oxygens (including phenoxy) is 1. The number of aryl methyl sites for hydroxylation is 2. The minimum Gasteiger partial charge on any atom is -0.479 e. The fourth-order valence-electron chi connectivity index (χ4n) is 2.10. The van der Waals surface area contributed by atoms with Gasteiger partial charge in [-0.3, -0.25) is 4.79 Å². The van der Waals surface area contributed by atoms with Crippen molar-refractivity contribution in [3.8, 4) is 11.8 Å². The predicted octanol–water partition coefficient (Wildman–Crippen LogP) is 3.36. The third-order valence-electron chi connectivity index (χ3n) is 3.18. The van der Waals surface area contributed by atoms with E-state index in [1.807, 2.05) is 19.9 Å². The second-order valence-corrected chi connectivity index (χ2v) is 4.64. The van der Waals surface area contributed by atoms with Crippen LogP contribution in [0.3, 0.4) is 0 Å². The number of anilines is 1. The van der Waals surface area contributed by atoms with Crippen molar-refractivity contribution in [1.82, 2.24) is 0 Å². The van der Waals surface area contributed by atoms with Crippen LogP contribution in [0.4, 0.5) is 5.69 Å². The molecule has 5 nitrogen and oxygen atoms in total. The van der Waals surface area contributed by atoms with Crippen molar-refractivity contribution in [1.29, 1.82) is 5.26 Å². The zero-order valence-electron chi connectivity index (χ0n) is 12.2. The lowest BCUT2D eigenvalue weighted by molar-refractivity contribution is 0.102. The Morgan fingerprint density at radius 3 is 2.71 bits per heavy atom. The highest BCUT2D eigenvalue weighted by Gasteiger charge is 2.18. The monoisotopic (exact) mass is 284 g/mol. The standard InChI is InChI=1S/C16H16N2O3/c1-10-11(2)21-12(3)15(10)16(19)18-13-5-4-6-14(9-13)20-8-7-17/h4-6,9H,8H2,1-3H3,(H,18,19). The third-order valence-corrected chi connectivity index (χ3v) is 3.18. The number of carbonyl (C=O) groups is 1. The van der Waals surface area contributed by atoms with Gasteiger partial charge in [-0.2, -0.15) is 5.26 Å². The number of nitrogens with zero attached hydrogens (tertiary/aromatic N) is 1. The molecule has 1 heterocycles. The Morgan fingerprint density at radius 2 is 2.10 bits per heavy atom. The molecule has 1 amide bonds. The Balaban J connectivity index is 2.18. The first-order valence-electron chi connectivity index (χ1n) is 6.50. The zero-order valence-corrected chi connectivity index (χ0v) is 12.2. The van der Waals surface area contributed by atoms with Crippen molar-refractivity contribution >= 4 is 11.6 Å². The number of hydrogen-bond acceptors (Lipinski definition) is 4. The summed E-state index contributed by atoms with van der Waals surface area (Å²) in [6, 6.07) is 8.81. The Morgan fingerprint density at radius 1 is 1.33 bits per heavy atom. The number of nitrogens with one attached hydrogen (secondary N) is 1. The second kappa shape index (κ2) is 6.14. The van der Waals surface area contributed by atoms with Crippen molar-refractivity contribution in [2.24, 2.45) is 0 Å². The van der Waals surface area contributed by atoms with Crippen LogP contribution in [0.25, 0.3) is 0 Å². The second-order valence-electron chi connectivity index (χ2n) is 4.64. The molecule has 21 heavy (non-hydrogen) atoms. The molecule has 0 unspecified atom stereocenters. The molecule has 0 fully saturated rings. The molecule has 0 saturated carbocycles. The summed E-state index contributed by atoms with van der Waals surface area (Å²) < 4.78 is 10.7. The van der Waals surface area contributed by atoms with Crippen LogP contribution in [0.2, 0.25) is 0 Å². The maximum Gasteiger partial charge on any atom is 0.259 e. The Kier molecular flexibility index (Phi) is 4.29. The van der Waals surface area contributed by atoms with Crippen LogP contribution in [0.5, 0.6) is 5.75 Å². The fraction of sp³-hybridized carbons (Fsp3) is 0.250. The molecule has 0 atom stereocenters. The molecular formula is C16H16N2O3. The normalized spacial score (nSPS) is 10.0. The van der Waals surface area contributed by atoms with E-state index < -0.39 is 0 Å². The van der Waals surface area contributed by atoms with Crippen molar-refractivity contribution in [2.45, 2.75) is 20.8 Å². The maximum atomic E-state index is 12.3. The number of nitriles is 1. The lowest BCUT2D eigenvalue weighted by Crippen LogP contribution is -2.13. The van der Waals surface area contributed by atoms with Crippen molar-refractivity contribution in [3.05, 3.63) is 46.9 Å². The predicted molar refractivity (Wildman–Crippen MR) is 78.4 cm³/mol. The van der Waals surface area contributed by atoms with Gasteiger partial charge in [0.25, 0.3) is 5.91 Å². The SMILES string of the molecule is Cc1oc(C)c(C(=O)Nc2cccc(OCC#N)c2)c1C. The molecule has 0 aliphatic rings. The summed E-state index contributed by atoms with van der Waals surface area (Å²) in [7, 11) is 0. The first-order valence-corrected chi connectivity index (χ1v) is 6.50. The highest BCUT2D eigenvalue weighted by Crippen LogP contribution is 2.23. The lowest BCUT2D eigenvalue weighted by Gasteiger charge is -2.07. The van der Waals surface area contributed by atoms with E-state index in [2.05, 4.69) is 5.32 Å². The Hall–Kier alpha value is -2.74.